The third-order valence-corrected chi connectivity index (χ3v) is 14.9. The van der Waals surface area contributed by atoms with Gasteiger partial charge in [-0.3, -0.25) is 0 Å². The Labute approximate surface area is 248 Å². The fourth-order valence-electron chi connectivity index (χ4n) is 3.24. The second-order valence-electron chi connectivity index (χ2n) is 10.2. The van der Waals surface area contributed by atoms with Gasteiger partial charge < -0.3 is 40.2 Å². The normalized spacial score (nSPS) is 12.0. The minimum atomic E-state index is -1.87. The lowest BCUT2D eigenvalue weighted by Crippen LogP contribution is -2.39. The Morgan fingerprint density at radius 3 is 1.39 bits per heavy atom. The molecule has 0 spiro atoms. The number of hydrogen-bond donors (Lipinski definition) is 4. The van der Waals surface area contributed by atoms with Crippen LogP contribution in [-0.2, 0) is 17.7 Å². The largest absolute Gasteiger partial charge is 0.395 e. The highest BCUT2D eigenvalue weighted by Crippen LogP contribution is 2.18. The fraction of sp³-hybridized carbons (Fsp3) is 1.00. The van der Waals surface area contributed by atoms with Crippen molar-refractivity contribution >= 4 is 48.7 Å². The van der Waals surface area contributed by atoms with Gasteiger partial charge in [-0.15, -0.1) is 0 Å². The zero-order valence-electron chi connectivity index (χ0n) is 26.5. The monoisotopic (exact) mass is 634 g/mol. The Morgan fingerprint density at radius 1 is 0.579 bits per heavy atom. The number of nitrogens with two attached hydrogens (primary N) is 3. The van der Waals surface area contributed by atoms with Crippen LogP contribution >= 0.6 is 23.5 Å². The quantitative estimate of drug-likeness (QED) is 0.0946. The van der Waals surface area contributed by atoms with Crippen LogP contribution in [0.15, 0.2) is 0 Å². The molecule has 0 aliphatic carbocycles. The first-order chi connectivity index (χ1) is 17.9. The highest BCUT2D eigenvalue weighted by atomic mass is 32.2. The molecular formula is C25H66N4O4S2Si3. The van der Waals surface area contributed by atoms with Crippen LogP contribution in [0.5, 0.6) is 0 Å². The molecule has 0 bridgehead atoms. The molecule has 234 valence electrons. The van der Waals surface area contributed by atoms with Gasteiger partial charge >= 0.3 is 17.1 Å². The predicted molar refractivity (Wildman–Crippen MR) is 182 cm³/mol. The molecule has 0 aromatic rings. The van der Waals surface area contributed by atoms with Crippen molar-refractivity contribution in [2.75, 3.05) is 81.8 Å². The summed E-state index contributed by atoms with van der Waals surface area (Å²) >= 11 is 3.93. The van der Waals surface area contributed by atoms with Gasteiger partial charge in [-0.1, -0.05) is 19.6 Å². The molecule has 0 aliphatic heterocycles. The van der Waals surface area contributed by atoms with Crippen LogP contribution in [0, 0.1) is 0 Å². The van der Waals surface area contributed by atoms with E-state index in [9.17, 15) is 0 Å². The Hall–Kier alpha value is 1.03. The predicted octanol–water partition coefficient (Wildman–Crippen LogP) is 4.45. The van der Waals surface area contributed by atoms with Gasteiger partial charge in [0.05, 0.1) is 8.07 Å². The lowest BCUT2D eigenvalue weighted by molar-refractivity contribution is 0.188. The summed E-state index contributed by atoms with van der Waals surface area (Å²) < 4.78 is 22.9. The molecule has 0 atom stereocenters. The highest BCUT2D eigenvalue weighted by Gasteiger charge is 2.30. The maximum atomic E-state index is 5.80. The van der Waals surface area contributed by atoms with Gasteiger partial charge in [-0.2, -0.15) is 23.5 Å². The molecule has 0 heterocycles. The van der Waals surface area contributed by atoms with Crippen LogP contribution in [0.25, 0.3) is 0 Å². The van der Waals surface area contributed by atoms with Crippen LogP contribution in [-0.4, -0.2) is 107 Å². The summed E-state index contributed by atoms with van der Waals surface area (Å²) in [6.07, 6.45) is 2.19. The van der Waals surface area contributed by atoms with Crippen LogP contribution in [0.4, 0.5) is 0 Å². The Balaban J connectivity index is -0.000000511. The Morgan fingerprint density at radius 2 is 1.03 bits per heavy atom. The standard InChI is InChI=1S/C11H27NO2S2Si.C8H21NO2Si.C6H18N2Si/c1-4-13-17(3,14-5-2)11-10-16-9-8-15-7-6-12;1-4-10-12(3,11-5-2)8-6-7-9;1-9(2,3)6-8-5-4-7/h4-12H2,1-3H3;4-9H2,1-3H3;8H,4-7H2,1-3H3. The number of thioether (sulfide) groups is 2. The number of rotatable bonds is 23. The van der Waals surface area contributed by atoms with Gasteiger partial charge in [-0.25, -0.2) is 0 Å². The van der Waals surface area contributed by atoms with E-state index in [0.29, 0.717) is 0 Å². The Bertz CT molecular complexity index is 474. The summed E-state index contributed by atoms with van der Waals surface area (Å²) in [6.45, 7) is 25.6. The average molecular weight is 635 g/mol. The van der Waals surface area contributed by atoms with Crippen molar-refractivity contribution in [2.45, 2.75) is 78.9 Å². The zero-order chi connectivity index (χ0) is 29.8. The molecule has 0 radical (unpaired) electrons. The van der Waals surface area contributed by atoms with Gasteiger partial charge in [0.25, 0.3) is 0 Å². The Kier molecular flexibility index (Phi) is 33.8. The van der Waals surface area contributed by atoms with Crippen LogP contribution < -0.4 is 22.5 Å². The van der Waals surface area contributed by atoms with Crippen molar-refractivity contribution < 1.29 is 17.7 Å². The second kappa shape index (κ2) is 29.5. The molecule has 0 unspecified atom stereocenters. The van der Waals surface area contributed by atoms with E-state index in [2.05, 4.69) is 38.1 Å². The van der Waals surface area contributed by atoms with E-state index in [4.69, 9.17) is 34.9 Å². The third-order valence-electron chi connectivity index (χ3n) is 4.94. The smallest absolute Gasteiger partial charge is 0.335 e. The maximum Gasteiger partial charge on any atom is 0.335 e. The number of hydrogen-bond acceptors (Lipinski definition) is 10. The van der Waals surface area contributed by atoms with E-state index in [0.717, 1.165) is 82.6 Å². The molecule has 0 aromatic carbocycles. The van der Waals surface area contributed by atoms with Crippen molar-refractivity contribution in [2.24, 2.45) is 17.2 Å². The van der Waals surface area contributed by atoms with Crippen molar-refractivity contribution in [3.05, 3.63) is 0 Å². The fourth-order valence-corrected chi connectivity index (χ4v) is 11.8. The molecule has 13 heteroatoms. The summed E-state index contributed by atoms with van der Waals surface area (Å²) in [4.78, 5) is 0. The highest BCUT2D eigenvalue weighted by molar-refractivity contribution is 8.02. The molecule has 0 saturated heterocycles. The molecular weight excluding hydrogens is 569 g/mol. The minimum Gasteiger partial charge on any atom is -0.395 e. The first kappa shape index (κ1) is 43.5. The van der Waals surface area contributed by atoms with Gasteiger partial charge in [0, 0.05) is 63.3 Å². The zero-order valence-corrected chi connectivity index (χ0v) is 31.1. The minimum absolute atomic E-state index is 0.725. The topological polar surface area (TPSA) is 127 Å². The summed E-state index contributed by atoms with van der Waals surface area (Å²) in [5.74, 6) is 4.62. The van der Waals surface area contributed by atoms with E-state index in [-0.39, 0.29) is 0 Å². The van der Waals surface area contributed by atoms with Gasteiger partial charge in [0.15, 0.2) is 0 Å². The van der Waals surface area contributed by atoms with Gasteiger partial charge in [0.1, 0.15) is 0 Å². The van der Waals surface area contributed by atoms with Gasteiger partial charge in [0.2, 0.25) is 0 Å². The lowest BCUT2D eigenvalue weighted by Gasteiger charge is -2.25. The summed E-state index contributed by atoms with van der Waals surface area (Å²) in [7, 11) is -4.58. The molecule has 0 aromatic heterocycles. The van der Waals surface area contributed by atoms with Crippen molar-refractivity contribution in [3.8, 4) is 0 Å². The average Bonchev–Trinajstić information content (AvgIpc) is 2.83. The summed E-state index contributed by atoms with van der Waals surface area (Å²) in [6, 6.07) is 2.09. The summed E-state index contributed by atoms with van der Waals surface area (Å²) in [5, 5.41) is 3.31. The second-order valence-corrected chi connectivity index (χ2v) is 24.8. The van der Waals surface area contributed by atoms with Crippen molar-refractivity contribution in [1.29, 1.82) is 0 Å². The first-order valence-electron chi connectivity index (χ1n) is 14.4. The molecule has 0 fully saturated rings. The summed E-state index contributed by atoms with van der Waals surface area (Å²) in [5.41, 5.74) is 16.2. The maximum absolute atomic E-state index is 5.80. The molecule has 0 saturated carbocycles. The first-order valence-corrected chi connectivity index (χ1v) is 25.5. The van der Waals surface area contributed by atoms with E-state index in [1.807, 2.05) is 51.2 Å². The van der Waals surface area contributed by atoms with Gasteiger partial charge in [-0.05, 0) is 77.8 Å². The number of nitrogens with one attached hydrogen (secondary N) is 1. The van der Waals surface area contributed by atoms with Crippen LogP contribution in [0.3, 0.4) is 0 Å². The molecule has 8 nitrogen and oxygen atoms in total. The molecule has 0 aliphatic rings. The third kappa shape index (κ3) is 33.2. The van der Waals surface area contributed by atoms with Crippen molar-refractivity contribution in [1.82, 2.24) is 5.32 Å². The molecule has 0 rings (SSSR count). The molecule has 7 N–H and O–H groups in total. The molecule has 38 heavy (non-hydrogen) atoms. The van der Waals surface area contributed by atoms with Crippen molar-refractivity contribution in [3.63, 3.8) is 0 Å². The SMILES string of the molecule is CCO[Si](C)(CCCN)OCC.CCO[Si](C)(CCSCCSCCN)OCC.C[Si](C)(C)CNCCN. The van der Waals surface area contributed by atoms with E-state index >= 15 is 0 Å². The van der Waals surface area contributed by atoms with Crippen LogP contribution in [0.1, 0.15) is 34.1 Å². The molecule has 0 amide bonds. The van der Waals surface area contributed by atoms with E-state index < -0.39 is 25.2 Å². The van der Waals surface area contributed by atoms with Crippen LogP contribution in [0.2, 0.25) is 44.8 Å². The van der Waals surface area contributed by atoms with E-state index in [1.165, 1.54) is 17.7 Å². The lowest BCUT2D eigenvalue weighted by atomic mass is 10.5. The van der Waals surface area contributed by atoms with E-state index in [1.54, 1.807) is 0 Å².